The largest absolute Gasteiger partial charge is 0.480 e. The van der Waals surface area contributed by atoms with Gasteiger partial charge < -0.3 is 10.1 Å². The normalized spacial score (nSPS) is 13.2. The summed E-state index contributed by atoms with van der Waals surface area (Å²) in [5.74, 6) is 0.703. The molecule has 0 fully saturated rings. The van der Waals surface area contributed by atoms with Crippen molar-refractivity contribution < 1.29 is 9.53 Å². The van der Waals surface area contributed by atoms with Gasteiger partial charge in [-0.1, -0.05) is 62.4 Å². The number of ether oxygens (including phenoxy) is 1. The molecule has 3 nitrogen and oxygen atoms in total. The Morgan fingerprint density at radius 3 is 2.26 bits per heavy atom. The van der Waals surface area contributed by atoms with Crippen LogP contribution in [0.15, 0.2) is 54.6 Å². The molecule has 0 spiro atoms. The third-order valence-electron chi connectivity index (χ3n) is 3.95. The molecule has 1 amide bonds. The first-order valence-electron chi connectivity index (χ1n) is 8.23. The number of para-hydroxylation sites is 1. The van der Waals surface area contributed by atoms with Gasteiger partial charge in [0.25, 0.3) is 5.91 Å². The van der Waals surface area contributed by atoms with Crippen molar-refractivity contribution in [2.75, 3.05) is 0 Å². The Labute approximate surface area is 138 Å². The van der Waals surface area contributed by atoms with E-state index in [0.29, 0.717) is 6.42 Å². The topological polar surface area (TPSA) is 38.3 Å². The molecule has 0 unspecified atom stereocenters. The highest BCUT2D eigenvalue weighted by atomic mass is 16.5. The van der Waals surface area contributed by atoms with Gasteiger partial charge in [-0.2, -0.15) is 0 Å². The Kier molecular flexibility index (Phi) is 6.21. The predicted molar refractivity (Wildman–Crippen MR) is 93.5 cm³/mol. The molecule has 0 saturated carbocycles. The van der Waals surface area contributed by atoms with Crippen molar-refractivity contribution in [3.05, 3.63) is 65.7 Å². The van der Waals surface area contributed by atoms with Gasteiger partial charge in [0, 0.05) is 0 Å². The molecule has 0 bridgehead atoms. The number of aryl methyl sites for hydroxylation is 1. The van der Waals surface area contributed by atoms with Gasteiger partial charge in [0.2, 0.25) is 0 Å². The molecule has 2 aromatic carbocycles. The van der Waals surface area contributed by atoms with Crippen LogP contribution in [0.4, 0.5) is 0 Å². The molecule has 2 rings (SSSR count). The summed E-state index contributed by atoms with van der Waals surface area (Å²) in [6.45, 7) is 6.02. The van der Waals surface area contributed by atoms with E-state index in [0.717, 1.165) is 23.3 Å². The number of rotatable bonds is 7. The quantitative estimate of drug-likeness (QED) is 0.822. The molecule has 2 aromatic rings. The second-order valence-corrected chi connectivity index (χ2v) is 5.66. The summed E-state index contributed by atoms with van der Waals surface area (Å²) in [6.07, 6.45) is 0.996. The zero-order valence-corrected chi connectivity index (χ0v) is 14.1. The van der Waals surface area contributed by atoms with Gasteiger partial charge in [-0.15, -0.1) is 0 Å². The van der Waals surface area contributed by atoms with Gasteiger partial charge in [0.15, 0.2) is 6.10 Å². The number of benzene rings is 2. The van der Waals surface area contributed by atoms with Crippen LogP contribution in [0.2, 0.25) is 0 Å². The maximum atomic E-state index is 12.6. The summed E-state index contributed by atoms with van der Waals surface area (Å²) >= 11 is 0. The minimum absolute atomic E-state index is 0.0122. The van der Waals surface area contributed by atoms with E-state index in [-0.39, 0.29) is 11.9 Å². The van der Waals surface area contributed by atoms with E-state index in [2.05, 4.69) is 12.2 Å². The Bertz CT molecular complexity index is 625. The molecule has 23 heavy (non-hydrogen) atoms. The summed E-state index contributed by atoms with van der Waals surface area (Å²) in [5.41, 5.74) is 2.16. The summed E-state index contributed by atoms with van der Waals surface area (Å²) in [7, 11) is 0. The number of carbonyl (C=O) groups is 1. The molecular formula is C20H25NO2. The molecule has 0 heterocycles. The van der Waals surface area contributed by atoms with Crippen molar-refractivity contribution in [1.82, 2.24) is 5.32 Å². The van der Waals surface area contributed by atoms with Gasteiger partial charge in [0.1, 0.15) is 5.75 Å². The molecule has 122 valence electrons. The second-order valence-electron chi connectivity index (χ2n) is 5.66. The fourth-order valence-electron chi connectivity index (χ4n) is 2.54. The molecule has 1 N–H and O–H groups in total. The van der Waals surface area contributed by atoms with Crippen molar-refractivity contribution in [1.29, 1.82) is 0 Å². The van der Waals surface area contributed by atoms with Crippen molar-refractivity contribution in [3.8, 4) is 5.75 Å². The first kappa shape index (κ1) is 17.1. The van der Waals surface area contributed by atoms with Gasteiger partial charge >= 0.3 is 0 Å². The summed E-state index contributed by atoms with van der Waals surface area (Å²) in [6, 6.07) is 17.8. The molecule has 0 aliphatic carbocycles. The Balaban J connectivity index is 2.06. The lowest BCUT2D eigenvalue weighted by Crippen LogP contribution is -2.40. The van der Waals surface area contributed by atoms with Crippen molar-refractivity contribution in [2.45, 2.75) is 45.8 Å². The van der Waals surface area contributed by atoms with Crippen molar-refractivity contribution >= 4 is 5.91 Å². The lowest BCUT2D eigenvalue weighted by molar-refractivity contribution is -0.129. The Hall–Kier alpha value is -2.29. The van der Waals surface area contributed by atoms with E-state index < -0.39 is 6.10 Å². The van der Waals surface area contributed by atoms with Crippen molar-refractivity contribution in [3.63, 3.8) is 0 Å². The highest BCUT2D eigenvalue weighted by Crippen LogP contribution is 2.20. The van der Waals surface area contributed by atoms with Crippen LogP contribution in [-0.4, -0.2) is 12.0 Å². The van der Waals surface area contributed by atoms with Crippen LogP contribution >= 0.6 is 0 Å². The molecule has 0 aliphatic heterocycles. The van der Waals surface area contributed by atoms with Crippen LogP contribution in [0.25, 0.3) is 0 Å². The molecule has 0 saturated heterocycles. The maximum Gasteiger partial charge on any atom is 0.261 e. The lowest BCUT2D eigenvalue weighted by Gasteiger charge is -2.23. The highest BCUT2D eigenvalue weighted by molar-refractivity contribution is 5.81. The fraction of sp³-hybridized carbons (Fsp3) is 0.350. The first-order chi connectivity index (χ1) is 11.2. The number of hydrogen-bond donors (Lipinski definition) is 1. The van der Waals surface area contributed by atoms with E-state index >= 15 is 0 Å². The average molecular weight is 311 g/mol. The second kappa shape index (κ2) is 8.37. The summed E-state index contributed by atoms with van der Waals surface area (Å²) < 4.78 is 5.93. The lowest BCUT2D eigenvalue weighted by atomic mass is 10.0. The van der Waals surface area contributed by atoms with E-state index in [4.69, 9.17) is 4.74 Å². The molecular weight excluding hydrogens is 286 g/mol. The minimum atomic E-state index is -0.478. The van der Waals surface area contributed by atoms with Gasteiger partial charge in [0.05, 0.1) is 6.04 Å². The van der Waals surface area contributed by atoms with Gasteiger partial charge in [-0.25, -0.2) is 0 Å². The molecule has 0 aliphatic rings. The zero-order chi connectivity index (χ0) is 16.7. The van der Waals surface area contributed by atoms with E-state index in [9.17, 15) is 4.79 Å². The van der Waals surface area contributed by atoms with Crippen LogP contribution in [0.3, 0.4) is 0 Å². The highest BCUT2D eigenvalue weighted by Gasteiger charge is 2.22. The zero-order valence-electron chi connectivity index (χ0n) is 14.1. The fourth-order valence-corrected chi connectivity index (χ4v) is 2.54. The number of nitrogens with one attached hydrogen (secondary N) is 1. The third kappa shape index (κ3) is 4.59. The molecule has 0 radical (unpaired) electrons. The molecule has 0 aromatic heterocycles. The first-order valence-corrected chi connectivity index (χ1v) is 8.23. The Morgan fingerprint density at radius 1 is 1.00 bits per heavy atom. The molecule has 3 heteroatoms. The van der Waals surface area contributed by atoms with Crippen LogP contribution < -0.4 is 10.1 Å². The number of hydrogen-bond acceptors (Lipinski definition) is 2. The van der Waals surface area contributed by atoms with E-state index in [1.807, 2.05) is 68.4 Å². The third-order valence-corrected chi connectivity index (χ3v) is 3.95. The predicted octanol–water partition coefficient (Wildman–Crippen LogP) is 4.42. The minimum Gasteiger partial charge on any atom is -0.480 e. The van der Waals surface area contributed by atoms with Crippen LogP contribution in [0, 0.1) is 6.92 Å². The number of carbonyl (C=O) groups excluding carboxylic acids is 1. The van der Waals surface area contributed by atoms with E-state index in [1.165, 1.54) is 0 Å². The van der Waals surface area contributed by atoms with Crippen molar-refractivity contribution in [2.24, 2.45) is 0 Å². The van der Waals surface area contributed by atoms with E-state index in [1.54, 1.807) is 0 Å². The summed E-state index contributed by atoms with van der Waals surface area (Å²) in [5, 5.41) is 3.11. The smallest absolute Gasteiger partial charge is 0.261 e. The SMILES string of the molecule is CC[C@H](Oc1ccccc1C)C(=O)N[C@@H](CC)c1ccccc1. The molecule has 2 atom stereocenters. The van der Waals surface area contributed by atoms with Gasteiger partial charge in [-0.05, 0) is 37.0 Å². The standard InChI is InChI=1S/C20H25NO2/c1-4-17(16-12-7-6-8-13-16)21-20(22)18(5-2)23-19-14-10-9-11-15(19)3/h6-14,17-18H,4-5H2,1-3H3,(H,21,22)/t17-,18-/m0/s1. The summed E-state index contributed by atoms with van der Waals surface area (Å²) in [4.78, 5) is 12.6. The van der Waals surface area contributed by atoms with Crippen LogP contribution in [0.5, 0.6) is 5.75 Å². The van der Waals surface area contributed by atoms with Crippen LogP contribution in [-0.2, 0) is 4.79 Å². The maximum absolute atomic E-state index is 12.6. The number of amides is 1. The monoisotopic (exact) mass is 311 g/mol. The average Bonchev–Trinajstić information content (AvgIpc) is 2.59. The van der Waals surface area contributed by atoms with Crippen LogP contribution in [0.1, 0.15) is 43.9 Å². The Morgan fingerprint density at radius 2 is 1.65 bits per heavy atom. The van der Waals surface area contributed by atoms with Gasteiger partial charge in [-0.3, -0.25) is 4.79 Å².